The average Bonchev–Trinajstić information content (AvgIpc) is 3.27. The van der Waals surface area contributed by atoms with Gasteiger partial charge < -0.3 is 28.4 Å². The molecule has 3 fully saturated rings. The predicted octanol–water partition coefficient (Wildman–Crippen LogP) is 0.634. The molecule has 0 radical (unpaired) electrons. The number of hydrogen-bond donors (Lipinski definition) is 0. The minimum atomic E-state index is -0.809. The molecule has 3 aliphatic heterocycles. The first kappa shape index (κ1) is 17.8. The number of aromatic nitrogens is 3. The Labute approximate surface area is 150 Å². The Balaban J connectivity index is 1.69. The van der Waals surface area contributed by atoms with Crippen molar-refractivity contribution in [3.05, 3.63) is 11.9 Å². The molecule has 10 nitrogen and oxygen atoms in total. The molecule has 4 rings (SSSR count). The van der Waals surface area contributed by atoms with E-state index in [1.165, 1.54) is 18.0 Å². The molecule has 0 N–H and O–H groups in total. The lowest BCUT2D eigenvalue weighted by Crippen LogP contribution is -2.41. The van der Waals surface area contributed by atoms with Gasteiger partial charge in [-0.05, 0) is 27.7 Å². The van der Waals surface area contributed by atoms with Gasteiger partial charge in [-0.2, -0.15) is 0 Å². The third-order valence-electron chi connectivity index (χ3n) is 4.70. The van der Waals surface area contributed by atoms with E-state index in [9.17, 15) is 4.79 Å². The summed E-state index contributed by atoms with van der Waals surface area (Å²) in [5, 5.41) is 7.95. The van der Waals surface area contributed by atoms with E-state index in [2.05, 4.69) is 10.3 Å². The Kier molecular flexibility index (Phi) is 4.08. The van der Waals surface area contributed by atoms with Crippen molar-refractivity contribution in [1.29, 1.82) is 0 Å². The molecule has 0 spiro atoms. The van der Waals surface area contributed by atoms with Gasteiger partial charge in [-0.3, -0.25) is 0 Å². The molecule has 0 amide bonds. The fourth-order valence-corrected chi connectivity index (χ4v) is 3.69. The molecule has 1 aromatic rings. The predicted molar refractivity (Wildman–Crippen MR) is 84.0 cm³/mol. The number of carbonyl (C=O) groups is 1. The molecule has 1 aromatic heterocycles. The topological polar surface area (TPSA) is 103 Å². The van der Waals surface area contributed by atoms with Gasteiger partial charge in [0.2, 0.25) is 0 Å². The number of esters is 1. The van der Waals surface area contributed by atoms with Crippen LogP contribution in [0.25, 0.3) is 0 Å². The molecule has 0 aromatic carbocycles. The van der Waals surface area contributed by atoms with Gasteiger partial charge in [0, 0.05) is 0 Å². The number of nitrogens with zero attached hydrogens (tertiary/aromatic N) is 3. The van der Waals surface area contributed by atoms with Crippen LogP contribution in [-0.4, -0.2) is 70.9 Å². The van der Waals surface area contributed by atoms with E-state index in [1.54, 1.807) is 0 Å². The second-order valence-corrected chi connectivity index (χ2v) is 7.48. The number of ether oxygens (including phenoxy) is 6. The smallest absolute Gasteiger partial charge is 0.358 e. The van der Waals surface area contributed by atoms with E-state index >= 15 is 0 Å². The third kappa shape index (κ3) is 2.91. The summed E-state index contributed by atoms with van der Waals surface area (Å²) in [5.74, 6) is -2.07. The van der Waals surface area contributed by atoms with E-state index < -0.39 is 42.1 Å². The van der Waals surface area contributed by atoms with Crippen LogP contribution in [0, 0.1) is 0 Å². The maximum absolute atomic E-state index is 12.1. The lowest BCUT2D eigenvalue weighted by atomic mass is 10.0. The van der Waals surface area contributed by atoms with Crippen LogP contribution >= 0.6 is 0 Å². The Morgan fingerprint density at radius 3 is 2.62 bits per heavy atom. The summed E-state index contributed by atoms with van der Waals surface area (Å²) in [6.07, 6.45) is -0.597. The second-order valence-electron chi connectivity index (χ2n) is 7.48. The first-order valence-corrected chi connectivity index (χ1v) is 8.52. The first-order chi connectivity index (χ1) is 12.2. The number of rotatable bonds is 3. The van der Waals surface area contributed by atoms with E-state index in [1.807, 2.05) is 27.7 Å². The summed E-state index contributed by atoms with van der Waals surface area (Å²) in [7, 11) is 1.31. The van der Waals surface area contributed by atoms with Crippen LogP contribution in [0.15, 0.2) is 6.20 Å². The maximum atomic E-state index is 12.1. The number of carbonyl (C=O) groups excluding carboxylic acids is 1. The molecule has 3 saturated heterocycles. The third-order valence-corrected chi connectivity index (χ3v) is 4.70. The normalized spacial score (nSPS) is 37.7. The molecular weight excluding hydrogens is 346 g/mol. The molecule has 4 heterocycles. The van der Waals surface area contributed by atoms with Crippen molar-refractivity contribution in [3.63, 3.8) is 0 Å². The number of methoxy groups -OCH3 is 1. The summed E-state index contributed by atoms with van der Waals surface area (Å²) in [6, 6.07) is -0.485. The van der Waals surface area contributed by atoms with Crippen LogP contribution in [0.2, 0.25) is 0 Å². The van der Waals surface area contributed by atoms with Crippen LogP contribution in [0.4, 0.5) is 0 Å². The standard InChI is InChI=1S/C16H23N3O7/c1-15(2)22-7-9(24-15)11-10(12-14(23-11)26-16(3,4)25-12)19-8(6-17-18-19)13(20)21-5/h6,9-12,14H,7H2,1-5H3/t9-,10+,11-,12-,14-/m1/s1. The zero-order valence-corrected chi connectivity index (χ0v) is 15.4. The van der Waals surface area contributed by atoms with Crippen molar-refractivity contribution in [3.8, 4) is 0 Å². The number of fused-ring (bicyclic) bond motifs is 1. The van der Waals surface area contributed by atoms with Crippen molar-refractivity contribution in [1.82, 2.24) is 15.0 Å². The maximum Gasteiger partial charge on any atom is 0.358 e. The monoisotopic (exact) mass is 369 g/mol. The Morgan fingerprint density at radius 2 is 1.96 bits per heavy atom. The minimum absolute atomic E-state index is 0.207. The van der Waals surface area contributed by atoms with E-state index in [0.717, 1.165) is 0 Å². The van der Waals surface area contributed by atoms with E-state index in [-0.39, 0.29) is 11.8 Å². The van der Waals surface area contributed by atoms with E-state index in [4.69, 9.17) is 28.4 Å². The fraction of sp³-hybridized carbons (Fsp3) is 0.812. The van der Waals surface area contributed by atoms with Crippen LogP contribution < -0.4 is 0 Å². The molecular formula is C16H23N3O7. The van der Waals surface area contributed by atoms with Gasteiger partial charge in [-0.15, -0.1) is 5.10 Å². The largest absolute Gasteiger partial charge is 0.464 e. The van der Waals surface area contributed by atoms with E-state index in [0.29, 0.717) is 6.61 Å². The minimum Gasteiger partial charge on any atom is -0.464 e. The van der Waals surface area contributed by atoms with Crippen molar-refractivity contribution in [2.45, 2.75) is 69.9 Å². The zero-order valence-electron chi connectivity index (χ0n) is 15.4. The number of hydrogen-bond acceptors (Lipinski definition) is 9. The molecule has 3 aliphatic rings. The molecule has 26 heavy (non-hydrogen) atoms. The Bertz CT molecular complexity index is 704. The Hall–Kier alpha value is -1.59. The SMILES string of the molecule is COC(=O)c1cnnn1[C@@H]1[C@H]2OC(C)(C)O[C@H]2O[C@@H]1[C@H]1COC(C)(C)O1. The first-order valence-electron chi connectivity index (χ1n) is 8.52. The highest BCUT2D eigenvalue weighted by Crippen LogP contribution is 2.46. The van der Waals surface area contributed by atoms with Crippen LogP contribution in [-0.2, 0) is 28.4 Å². The molecule has 144 valence electrons. The quantitative estimate of drug-likeness (QED) is 0.710. The summed E-state index contributed by atoms with van der Waals surface area (Å²) in [4.78, 5) is 12.1. The van der Waals surface area contributed by atoms with Gasteiger partial charge in [0.1, 0.15) is 24.4 Å². The molecule has 0 unspecified atom stereocenters. The van der Waals surface area contributed by atoms with Gasteiger partial charge in [0.15, 0.2) is 23.6 Å². The molecule has 0 aliphatic carbocycles. The lowest BCUT2D eigenvalue weighted by molar-refractivity contribution is -0.226. The fourth-order valence-electron chi connectivity index (χ4n) is 3.69. The van der Waals surface area contributed by atoms with Gasteiger partial charge >= 0.3 is 5.97 Å². The molecule has 0 saturated carbocycles. The highest BCUT2D eigenvalue weighted by molar-refractivity contribution is 5.87. The van der Waals surface area contributed by atoms with Crippen molar-refractivity contribution < 1.29 is 33.2 Å². The van der Waals surface area contributed by atoms with Gasteiger partial charge in [0.05, 0.1) is 19.9 Å². The molecule has 10 heteroatoms. The van der Waals surface area contributed by atoms with Crippen LogP contribution in [0.3, 0.4) is 0 Å². The summed E-state index contributed by atoms with van der Waals surface area (Å²) >= 11 is 0. The van der Waals surface area contributed by atoms with Crippen molar-refractivity contribution in [2.24, 2.45) is 0 Å². The van der Waals surface area contributed by atoms with Gasteiger partial charge in [0.25, 0.3) is 0 Å². The van der Waals surface area contributed by atoms with Crippen molar-refractivity contribution in [2.75, 3.05) is 13.7 Å². The van der Waals surface area contributed by atoms with Crippen molar-refractivity contribution >= 4 is 5.97 Å². The highest BCUT2D eigenvalue weighted by atomic mass is 16.8. The zero-order chi connectivity index (χ0) is 18.7. The lowest BCUT2D eigenvalue weighted by Gasteiger charge is -2.29. The van der Waals surface area contributed by atoms with Gasteiger partial charge in [-0.1, -0.05) is 5.21 Å². The highest BCUT2D eigenvalue weighted by Gasteiger charge is 2.59. The second kappa shape index (κ2) is 5.96. The molecule has 0 bridgehead atoms. The molecule has 5 atom stereocenters. The Morgan fingerprint density at radius 1 is 1.19 bits per heavy atom. The van der Waals surface area contributed by atoms with Crippen LogP contribution in [0.1, 0.15) is 44.2 Å². The van der Waals surface area contributed by atoms with Crippen LogP contribution in [0.5, 0.6) is 0 Å². The summed E-state index contributed by atoms with van der Waals surface area (Å²) in [6.45, 7) is 7.63. The summed E-state index contributed by atoms with van der Waals surface area (Å²) < 4.78 is 35.9. The van der Waals surface area contributed by atoms with Gasteiger partial charge in [-0.25, -0.2) is 9.48 Å². The average molecular weight is 369 g/mol. The summed E-state index contributed by atoms with van der Waals surface area (Å²) in [5.41, 5.74) is 0.207.